The van der Waals surface area contributed by atoms with Crippen LogP contribution in [0.1, 0.15) is 74.4 Å². The summed E-state index contributed by atoms with van der Waals surface area (Å²) in [6.07, 6.45) is 0.193. The molecule has 0 aliphatic heterocycles. The summed E-state index contributed by atoms with van der Waals surface area (Å²) in [5.74, 6) is 0. The molecule has 0 N–H and O–H groups in total. The molecule has 0 heterocycles. The first-order chi connectivity index (χ1) is 14.4. The van der Waals surface area contributed by atoms with Crippen LogP contribution in [0.25, 0.3) is 0 Å². The molecule has 4 atom stereocenters. The molecule has 0 fully saturated rings. The van der Waals surface area contributed by atoms with E-state index >= 15 is 0 Å². The van der Waals surface area contributed by atoms with Crippen molar-refractivity contribution in [3.8, 4) is 0 Å². The molecule has 4 nitrogen and oxygen atoms in total. The van der Waals surface area contributed by atoms with Crippen molar-refractivity contribution in [2.45, 2.75) is 52.1 Å². The molecule has 2 aromatic carbocycles. The Hall–Kier alpha value is -0.681. The molecule has 166 valence electrons. The molecule has 2 rings (SSSR count). The molecule has 0 radical (unpaired) electrons. The summed E-state index contributed by atoms with van der Waals surface area (Å²) in [4.78, 5) is 0. The van der Waals surface area contributed by atoms with Crippen molar-refractivity contribution in [1.29, 1.82) is 0 Å². The molecule has 0 aliphatic carbocycles. The molecule has 2 aromatic rings. The average molecular weight is 544 g/mol. The summed E-state index contributed by atoms with van der Waals surface area (Å²) in [6, 6.07) is 13.0. The molecule has 30 heavy (non-hydrogen) atoms. The van der Waals surface area contributed by atoms with Gasteiger partial charge in [-0.15, -0.1) is 0 Å². The molecule has 0 bridgehead atoms. The first-order valence-electron chi connectivity index (χ1n) is 10.1. The standard InChI is InChI=1S/C24H34O4Se2/c1-15(25-5)19-11-9-12-20(16(2)26-6)23(19)29-30-24-21(17(3)27-7)13-10-14-22(24)18(4)28-8/h9-18H,1-8H3/t15-,16-,17-,18-/m1/s1. The summed E-state index contributed by atoms with van der Waals surface area (Å²) in [5, 5.41) is 0. The van der Waals surface area contributed by atoms with E-state index in [-0.39, 0.29) is 50.7 Å². The Labute approximate surface area is 192 Å². The quantitative estimate of drug-likeness (QED) is 0.404. The van der Waals surface area contributed by atoms with Gasteiger partial charge >= 0.3 is 193 Å². The zero-order valence-electron chi connectivity index (χ0n) is 19.2. The van der Waals surface area contributed by atoms with E-state index in [1.807, 2.05) is 0 Å². The van der Waals surface area contributed by atoms with E-state index in [2.05, 4.69) is 64.1 Å². The van der Waals surface area contributed by atoms with Crippen LogP contribution in [0.2, 0.25) is 0 Å². The summed E-state index contributed by atoms with van der Waals surface area (Å²) < 4.78 is 25.6. The van der Waals surface area contributed by atoms with Crippen molar-refractivity contribution in [2.75, 3.05) is 28.4 Å². The van der Waals surface area contributed by atoms with Crippen LogP contribution in [0.15, 0.2) is 36.4 Å². The van der Waals surface area contributed by atoms with Gasteiger partial charge < -0.3 is 0 Å². The van der Waals surface area contributed by atoms with Crippen LogP contribution in [0, 0.1) is 0 Å². The van der Waals surface area contributed by atoms with Gasteiger partial charge in [-0.05, 0) is 0 Å². The van der Waals surface area contributed by atoms with Gasteiger partial charge in [0.15, 0.2) is 0 Å². The van der Waals surface area contributed by atoms with Gasteiger partial charge in [-0.3, -0.25) is 0 Å². The van der Waals surface area contributed by atoms with Gasteiger partial charge in [-0.25, -0.2) is 0 Å². The van der Waals surface area contributed by atoms with Gasteiger partial charge in [0.25, 0.3) is 0 Å². The number of hydrogen-bond acceptors (Lipinski definition) is 4. The third kappa shape index (κ3) is 5.97. The number of benzene rings is 2. The summed E-state index contributed by atoms with van der Waals surface area (Å²) >= 11 is 0.508. The fourth-order valence-corrected chi connectivity index (χ4v) is 12.3. The van der Waals surface area contributed by atoms with Crippen LogP contribution >= 0.6 is 0 Å². The van der Waals surface area contributed by atoms with Gasteiger partial charge in [-0.1, -0.05) is 0 Å². The van der Waals surface area contributed by atoms with Crippen LogP contribution < -0.4 is 8.92 Å². The first kappa shape index (κ1) is 25.6. The van der Waals surface area contributed by atoms with Crippen LogP contribution in [0.3, 0.4) is 0 Å². The normalized spacial score (nSPS) is 15.6. The van der Waals surface area contributed by atoms with Gasteiger partial charge in [0.2, 0.25) is 0 Å². The van der Waals surface area contributed by atoms with Gasteiger partial charge in [0, 0.05) is 0 Å². The predicted octanol–water partition coefficient (Wildman–Crippen LogP) is 3.79. The molecular formula is C24H34O4Se2. The fraction of sp³-hybridized carbons (Fsp3) is 0.500. The van der Waals surface area contributed by atoms with E-state index in [4.69, 9.17) is 18.9 Å². The van der Waals surface area contributed by atoms with Crippen molar-refractivity contribution in [3.05, 3.63) is 58.7 Å². The van der Waals surface area contributed by atoms with E-state index in [1.54, 1.807) is 28.4 Å². The molecular weight excluding hydrogens is 510 g/mol. The van der Waals surface area contributed by atoms with Gasteiger partial charge in [0.1, 0.15) is 0 Å². The van der Waals surface area contributed by atoms with Crippen molar-refractivity contribution in [1.82, 2.24) is 0 Å². The molecule has 0 unspecified atom stereocenters. The number of rotatable bonds is 11. The Morgan fingerprint density at radius 2 is 0.733 bits per heavy atom. The van der Waals surface area contributed by atoms with E-state index in [9.17, 15) is 0 Å². The van der Waals surface area contributed by atoms with Crippen LogP contribution in [0.4, 0.5) is 0 Å². The third-order valence-electron chi connectivity index (χ3n) is 5.53. The van der Waals surface area contributed by atoms with Crippen molar-refractivity contribution in [2.24, 2.45) is 0 Å². The van der Waals surface area contributed by atoms with Gasteiger partial charge in [0.05, 0.1) is 0 Å². The van der Waals surface area contributed by atoms with E-state index < -0.39 is 0 Å². The molecule has 0 saturated heterocycles. The minimum atomic E-state index is 0.0483. The van der Waals surface area contributed by atoms with Crippen molar-refractivity contribution < 1.29 is 18.9 Å². The fourth-order valence-electron chi connectivity index (χ4n) is 3.21. The molecule has 0 spiro atoms. The molecule has 0 saturated carbocycles. The Balaban J connectivity index is 2.53. The molecule has 0 amide bonds. The summed E-state index contributed by atoms with van der Waals surface area (Å²) in [5.41, 5.74) is 5.05. The van der Waals surface area contributed by atoms with Crippen LogP contribution in [-0.2, 0) is 18.9 Å². The third-order valence-corrected chi connectivity index (χ3v) is 12.9. The summed E-state index contributed by atoms with van der Waals surface area (Å²) in [6.45, 7) is 8.45. The Kier molecular flexibility index (Phi) is 10.6. The predicted molar refractivity (Wildman–Crippen MR) is 125 cm³/mol. The second kappa shape index (κ2) is 12.4. The summed E-state index contributed by atoms with van der Waals surface area (Å²) in [7, 11) is 7.08. The van der Waals surface area contributed by atoms with E-state index in [1.165, 1.54) is 31.2 Å². The SMILES string of the molecule is CO[C@H](C)c1cccc([C@@H](C)OC)c1[Se][Se]c1c([C@@H](C)OC)cccc1[C@@H](C)OC. The van der Waals surface area contributed by atoms with E-state index in [0.717, 1.165) is 0 Å². The minimum absolute atomic E-state index is 0.0483. The maximum absolute atomic E-state index is 5.69. The van der Waals surface area contributed by atoms with Crippen molar-refractivity contribution in [3.63, 3.8) is 0 Å². The topological polar surface area (TPSA) is 36.9 Å². The zero-order chi connectivity index (χ0) is 22.3. The molecule has 0 aliphatic rings. The Morgan fingerprint density at radius 1 is 0.500 bits per heavy atom. The van der Waals surface area contributed by atoms with Crippen LogP contribution in [-0.4, -0.2) is 54.7 Å². The number of hydrogen-bond donors (Lipinski definition) is 0. The number of methoxy groups -OCH3 is 4. The second-order valence-corrected chi connectivity index (χ2v) is 13.3. The van der Waals surface area contributed by atoms with Crippen LogP contribution in [0.5, 0.6) is 0 Å². The first-order valence-corrected chi connectivity index (χ1v) is 16.1. The second-order valence-electron chi connectivity index (χ2n) is 7.21. The Morgan fingerprint density at radius 3 is 0.933 bits per heavy atom. The maximum atomic E-state index is 5.69. The van der Waals surface area contributed by atoms with Gasteiger partial charge in [-0.2, -0.15) is 0 Å². The monoisotopic (exact) mass is 546 g/mol. The zero-order valence-corrected chi connectivity index (χ0v) is 22.6. The molecule has 0 aromatic heterocycles. The van der Waals surface area contributed by atoms with Crippen molar-refractivity contribution >= 4 is 35.2 Å². The molecule has 6 heteroatoms. The number of ether oxygens (including phenoxy) is 4. The average Bonchev–Trinajstić information content (AvgIpc) is 2.79. The Bertz CT molecular complexity index is 688. The van der Waals surface area contributed by atoms with E-state index in [0.29, 0.717) is 0 Å².